The molecular formula is C17H18N4. The summed E-state index contributed by atoms with van der Waals surface area (Å²) in [4.78, 5) is 8.71. The molecule has 0 radical (unpaired) electrons. The summed E-state index contributed by atoms with van der Waals surface area (Å²) >= 11 is 0. The van der Waals surface area contributed by atoms with Crippen LogP contribution in [0.3, 0.4) is 0 Å². The van der Waals surface area contributed by atoms with Crippen LogP contribution in [-0.2, 0) is 0 Å². The monoisotopic (exact) mass is 278 g/mol. The van der Waals surface area contributed by atoms with Crippen LogP contribution in [0.15, 0.2) is 54.9 Å². The lowest BCUT2D eigenvalue weighted by Gasteiger charge is -2.09. The van der Waals surface area contributed by atoms with Crippen LogP contribution in [0.1, 0.15) is 13.3 Å². The summed E-state index contributed by atoms with van der Waals surface area (Å²) in [5.41, 5.74) is 1.01. The fraction of sp³-hybridized carbons (Fsp3) is 0.176. The molecular weight excluding hydrogens is 260 g/mol. The molecule has 3 aromatic rings. The van der Waals surface area contributed by atoms with E-state index in [9.17, 15) is 0 Å². The number of rotatable bonds is 5. The molecule has 4 nitrogen and oxygen atoms in total. The summed E-state index contributed by atoms with van der Waals surface area (Å²) in [5, 5.41) is 8.97. The van der Waals surface area contributed by atoms with Gasteiger partial charge in [0.25, 0.3) is 0 Å². The fourth-order valence-corrected chi connectivity index (χ4v) is 2.18. The number of benzene rings is 2. The van der Waals surface area contributed by atoms with Crippen molar-refractivity contribution in [2.75, 3.05) is 17.2 Å². The number of hydrogen-bond donors (Lipinski definition) is 2. The molecule has 4 heteroatoms. The van der Waals surface area contributed by atoms with E-state index in [1.807, 2.05) is 12.1 Å². The first-order valence-corrected chi connectivity index (χ1v) is 7.17. The second-order valence-corrected chi connectivity index (χ2v) is 4.90. The summed E-state index contributed by atoms with van der Waals surface area (Å²) in [7, 11) is 0. The third kappa shape index (κ3) is 3.28. The lowest BCUT2D eigenvalue weighted by molar-refractivity contribution is 0.965. The standard InChI is InChI=1S/C17H18N4/c1-2-9-19-16-11-18-12-17(21-16)20-15-8-7-13-5-3-4-6-14(13)10-15/h3-8,10-12H,2,9H2,1H3,(H2,19,20,21). The average Bonchev–Trinajstić information content (AvgIpc) is 2.53. The Kier molecular flexibility index (Phi) is 3.96. The van der Waals surface area contributed by atoms with E-state index in [4.69, 9.17) is 0 Å². The van der Waals surface area contributed by atoms with Crippen LogP contribution in [-0.4, -0.2) is 16.5 Å². The maximum atomic E-state index is 4.50. The highest BCUT2D eigenvalue weighted by Gasteiger charge is 2.00. The summed E-state index contributed by atoms with van der Waals surface area (Å²) in [6, 6.07) is 14.6. The maximum Gasteiger partial charge on any atom is 0.151 e. The minimum absolute atomic E-state index is 0.742. The van der Waals surface area contributed by atoms with Gasteiger partial charge in [0, 0.05) is 12.2 Å². The zero-order valence-corrected chi connectivity index (χ0v) is 12.0. The molecule has 0 amide bonds. The Morgan fingerprint density at radius 1 is 0.952 bits per heavy atom. The first kappa shape index (κ1) is 13.4. The molecule has 1 heterocycles. The van der Waals surface area contributed by atoms with Gasteiger partial charge < -0.3 is 10.6 Å². The van der Waals surface area contributed by atoms with Crippen molar-refractivity contribution in [1.82, 2.24) is 9.97 Å². The Morgan fingerprint density at radius 2 is 1.76 bits per heavy atom. The second-order valence-electron chi connectivity index (χ2n) is 4.90. The van der Waals surface area contributed by atoms with Crippen molar-refractivity contribution in [2.24, 2.45) is 0 Å². The van der Waals surface area contributed by atoms with Gasteiger partial charge >= 0.3 is 0 Å². The molecule has 106 valence electrons. The number of nitrogens with zero attached hydrogens (tertiary/aromatic N) is 2. The fourth-order valence-electron chi connectivity index (χ4n) is 2.18. The minimum Gasteiger partial charge on any atom is -0.369 e. The van der Waals surface area contributed by atoms with E-state index in [0.29, 0.717) is 0 Å². The van der Waals surface area contributed by atoms with Gasteiger partial charge in [-0.05, 0) is 29.3 Å². The number of fused-ring (bicyclic) bond motifs is 1. The van der Waals surface area contributed by atoms with Crippen LogP contribution in [0.5, 0.6) is 0 Å². The van der Waals surface area contributed by atoms with Crippen molar-refractivity contribution in [2.45, 2.75) is 13.3 Å². The van der Waals surface area contributed by atoms with Gasteiger partial charge in [0.2, 0.25) is 0 Å². The number of hydrogen-bond acceptors (Lipinski definition) is 4. The molecule has 0 spiro atoms. The summed E-state index contributed by atoms with van der Waals surface area (Å²) in [5.74, 6) is 1.54. The van der Waals surface area contributed by atoms with Crippen LogP contribution in [0.25, 0.3) is 10.8 Å². The van der Waals surface area contributed by atoms with Crippen molar-refractivity contribution in [3.05, 3.63) is 54.9 Å². The number of nitrogens with one attached hydrogen (secondary N) is 2. The van der Waals surface area contributed by atoms with Crippen LogP contribution in [0, 0.1) is 0 Å². The largest absolute Gasteiger partial charge is 0.369 e. The number of aromatic nitrogens is 2. The van der Waals surface area contributed by atoms with Gasteiger partial charge in [-0.1, -0.05) is 37.3 Å². The van der Waals surface area contributed by atoms with Crippen molar-refractivity contribution >= 4 is 28.1 Å². The molecule has 0 unspecified atom stereocenters. The normalized spacial score (nSPS) is 10.5. The summed E-state index contributed by atoms with van der Waals surface area (Å²) in [6.45, 7) is 3.02. The van der Waals surface area contributed by atoms with Gasteiger partial charge in [-0.15, -0.1) is 0 Å². The third-order valence-electron chi connectivity index (χ3n) is 3.21. The van der Waals surface area contributed by atoms with Crippen LogP contribution < -0.4 is 10.6 Å². The predicted molar refractivity (Wildman–Crippen MR) is 88.0 cm³/mol. The molecule has 3 rings (SSSR count). The van der Waals surface area contributed by atoms with Crippen LogP contribution in [0.2, 0.25) is 0 Å². The lowest BCUT2D eigenvalue weighted by Crippen LogP contribution is -2.04. The Hall–Kier alpha value is -2.62. The van der Waals surface area contributed by atoms with Crippen molar-refractivity contribution in [1.29, 1.82) is 0 Å². The van der Waals surface area contributed by atoms with Gasteiger partial charge in [-0.3, -0.25) is 4.98 Å². The highest BCUT2D eigenvalue weighted by atomic mass is 15.1. The molecule has 1 aromatic heterocycles. The van der Waals surface area contributed by atoms with Gasteiger partial charge in [-0.2, -0.15) is 0 Å². The Labute approximate surface area is 124 Å². The molecule has 21 heavy (non-hydrogen) atoms. The molecule has 2 aromatic carbocycles. The molecule has 0 saturated carbocycles. The van der Waals surface area contributed by atoms with E-state index >= 15 is 0 Å². The Morgan fingerprint density at radius 3 is 2.62 bits per heavy atom. The van der Waals surface area contributed by atoms with E-state index in [1.165, 1.54) is 10.8 Å². The smallest absolute Gasteiger partial charge is 0.151 e. The Balaban J connectivity index is 1.81. The average molecular weight is 278 g/mol. The quantitative estimate of drug-likeness (QED) is 0.734. The molecule has 0 bridgehead atoms. The first-order valence-electron chi connectivity index (χ1n) is 7.17. The van der Waals surface area contributed by atoms with Crippen molar-refractivity contribution in [3.63, 3.8) is 0 Å². The van der Waals surface area contributed by atoms with Gasteiger partial charge in [0.05, 0.1) is 12.4 Å². The molecule has 0 atom stereocenters. The van der Waals surface area contributed by atoms with Crippen molar-refractivity contribution < 1.29 is 0 Å². The molecule has 0 aliphatic rings. The second kappa shape index (κ2) is 6.22. The SMILES string of the molecule is CCCNc1cncc(Nc2ccc3ccccc3c2)n1. The molecule has 2 N–H and O–H groups in total. The Bertz CT molecular complexity index is 739. The minimum atomic E-state index is 0.742. The predicted octanol–water partition coefficient (Wildman–Crippen LogP) is 4.20. The van der Waals surface area contributed by atoms with E-state index in [-0.39, 0.29) is 0 Å². The summed E-state index contributed by atoms with van der Waals surface area (Å²) in [6.07, 6.45) is 4.53. The zero-order chi connectivity index (χ0) is 14.5. The van der Waals surface area contributed by atoms with E-state index in [0.717, 1.165) is 30.3 Å². The van der Waals surface area contributed by atoms with E-state index in [1.54, 1.807) is 12.4 Å². The molecule has 0 aliphatic heterocycles. The van der Waals surface area contributed by atoms with Gasteiger partial charge in [0.15, 0.2) is 5.82 Å². The van der Waals surface area contributed by atoms with E-state index < -0.39 is 0 Å². The lowest BCUT2D eigenvalue weighted by atomic mass is 10.1. The summed E-state index contributed by atoms with van der Waals surface area (Å²) < 4.78 is 0. The van der Waals surface area contributed by atoms with Crippen molar-refractivity contribution in [3.8, 4) is 0 Å². The van der Waals surface area contributed by atoms with Gasteiger partial charge in [0.1, 0.15) is 5.82 Å². The topological polar surface area (TPSA) is 49.8 Å². The van der Waals surface area contributed by atoms with Gasteiger partial charge in [-0.25, -0.2) is 4.98 Å². The van der Waals surface area contributed by atoms with Crippen LogP contribution in [0.4, 0.5) is 17.3 Å². The van der Waals surface area contributed by atoms with Crippen LogP contribution >= 0.6 is 0 Å². The maximum absolute atomic E-state index is 4.50. The van der Waals surface area contributed by atoms with E-state index in [2.05, 4.69) is 57.9 Å². The highest BCUT2D eigenvalue weighted by Crippen LogP contribution is 2.21. The molecule has 0 saturated heterocycles. The molecule has 0 aliphatic carbocycles. The first-order chi connectivity index (χ1) is 10.3. The zero-order valence-electron chi connectivity index (χ0n) is 12.0. The highest BCUT2D eigenvalue weighted by molar-refractivity contribution is 5.86. The number of anilines is 3. The molecule has 0 fully saturated rings. The third-order valence-corrected chi connectivity index (χ3v) is 3.21.